The summed E-state index contributed by atoms with van der Waals surface area (Å²) >= 11 is 0. The molecule has 0 unspecified atom stereocenters. The number of benzene rings is 1. The Balaban J connectivity index is 1.72. The number of hydrogen-bond acceptors (Lipinski definition) is 4. The Labute approximate surface area is 130 Å². The summed E-state index contributed by atoms with van der Waals surface area (Å²) in [5, 5.41) is 0. The summed E-state index contributed by atoms with van der Waals surface area (Å²) < 4.78 is 10.4. The van der Waals surface area contributed by atoms with Crippen molar-refractivity contribution in [3.05, 3.63) is 30.3 Å². The van der Waals surface area contributed by atoms with Gasteiger partial charge < -0.3 is 19.3 Å². The molecule has 0 atom stereocenters. The zero-order valence-corrected chi connectivity index (χ0v) is 12.9. The highest BCUT2D eigenvalue weighted by atomic mass is 16.5. The van der Waals surface area contributed by atoms with Gasteiger partial charge in [-0.1, -0.05) is 18.2 Å². The van der Waals surface area contributed by atoms with Crippen LogP contribution in [0.25, 0.3) is 0 Å². The predicted molar refractivity (Wildman–Crippen MR) is 81.6 cm³/mol. The van der Waals surface area contributed by atoms with E-state index in [-0.39, 0.29) is 18.4 Å². The van der Waals surface area contributed by atoms with E-state index in [1.165, 1.54) is 0 Å². The van der Waals surface area contributed by atoms with Crippen molar-refractivity contribution in [2.75, 3.05) is 46.5 Å². The molecule has 0 saturated carbocycles. The minimum Gasteiger partial charge on any atom is -0.484 e. The van der Waals surface area contributed by atoms with Crippen molar-refractivity contribution < 1.29 is 19.1 Å². The van der Waals surface area contributed by atoms with Crippen LogP contribution in [0.3, 0.4) is 0 Å². The first-order chi connectivity index (χ1) is 10.7. The first kappa shape index (κ1) is 16.3. The van der Waals surface area contributed by atoms with Gasteiger partial charge in [0.05, 0.1) is 13.0 Å². The number of para-hydroxylation sites is 1. The number of carbonyl (C=O) groups is 2. The summed E-state index contributed by atoms with van der Waals surface area (Å²) in [7, 11) is 1.58. The van der Waals surface area contributed by atoms with E-state index in [9.17, 15) is 9.59 Å². The molecule has 1 aromatic rings. The van der Waals surface area contributed by atoms with Crippen LogP contribution < -0.4 is 4.74 Å². The molecule has 0 aromatic heterocycles. The maximum absolute atomic E-state index is 12.1. The van der Waals surface area contributed by atoms with E-state index in [0.29, 0.717) is 45.0 Å². The van der Waals surface area contributed by atoms with Crippen LogP contribution in [-0.4, -0.2) is 68.1 Å². The number of rotatable bonds is 6. The molecule has 22 heavy (non-hydrogen) atoms. The lowest BCUT2D eigenvalue weighted by molar-refractivity contribution is -0.141. The van der Waals surface area contributed by atoms with Gasteiger partial charge in [-0.25, -0.2) is 0 Å². The summed E-state index contributed by atoms with van der Waals surface area (Å²) in [6, 6.07) is 9.27. The molecule has 1 aromatic carbocycles. The Kier molecular flexibility index (Phi) is 6.21. The molecular weight excluding hydrogens is 284 g/mol. The summed E-state index contributed by atoms with van der Waals surface area (Å²) in [4.78, 5) is 27.5. The van der Waals surface area contributed by atoms with Crippen molar-refractivity contribution in [1.29, 1.82) is 0 Å². The van der Waals surface area contributed by atoms with E-state index in [4.69, 9.17) is 9.47 Å². The lowest BCUT2D eigenvalue weighted by Crippen LogP contribution is -2.51. The van der Waals surface area contributed by atoms with Gasteiger partial charge >= 0.3 is 0 Å². The third-order valence-electron chi connectivity index (χ3n) is 3.61. The van der Waals surface area contributed by atoms with Crippen molar-refractivity contribution in [2.24, 2.45) is 0 Å². The smallest absolute Gasteiger partial charge is 0.260 e. The largest absolute Gasteiger partial charge is 0.484 e. The molecule has 1 heterocycles. The number of amides is 2. The second-order valence-corrected chi connectivity index (χ2v) is 5.11. The molecule has 0 aliphatic carbocycles. The van der Waals surface area contributed by atoms with E-state index in [0.717, 1.165) is 0 Å². The third-order valence-corrected chi connectivity index (χ3v) is 3.61. The molecule has 120 valence electrons. The summed E-state index contributed by atoms with van der Waals surface area (Å²) in [5.41, 5.74) is 0. The third kappa shape index (κ3) is 4.73. The Morgan fingerprint density at radius 1 is 1.00 bits per heavy atom. The van der Waals surface area contributed by atoms with E-state index < -0.39 is 0 Å². The minimum absolute atomic E-state index is 0.0294. The van der Waals surface area contributed by atoms with Gasteiger partial charge in [0.25, 0.3) is 5.91 Å². The quantitative estimate of drug-likeness (QED) is 0.779. The molecule has 0 spiro atoms. The van der Waals surface area contributed by atoms with Crippen LogP contribution in [0.4, 0.5) is 0 Å². The van der Waals surface area contributed by atoms with E-state index in [1.54, 1.807) is 16.9 Å². The van der Waals surface area contributed by atoms with Crippen LogP contribution in [0.15, 0.2) is 30.3 Å². The molecule has 6 nitrogen and oxygen atoms in total. The van der Waals surface area contributed by atoms with Crippen LogP contribution in [0.2, 0.25) is 0 Å². The Hall–Kier alpha value is -2.08. The zero-order valence-electron chi connectivity index (χ0n) is 12.9. The lowest BCUT2D eigenvalue weighted by Gasteiger charge is -2.34. The molecule has 6 heteroatoms. The average Bonchev–Trinajstić information content (AvgIpc) is 2.58. The SMILES string of the molecule is COCCC(=O)N1CCN(C(=O)COc2ccccc2)CC1. The Bertz CT molecular complexity index is 484. The molecule has 1 saturated heterocycles. The normalized spacial score (nSPS) is 14.8. The Morgan fingerprint density at radius 2 is 1.59 bits per heavy atom. The second kappa shape index (κ2) is 8.38. The predicted octanol–water partition coefficient (Wildman–Crippen LogP) is 0.773. The maximum Gasteiger partial charge on any atom is 0.260 e. The van der Waals surface area contributed by atoms with Crippen LogP contribution in [0.1, 0.15) is 6.42 Å². The molecule has 0 radical (unpaired) electrons. The highest BCUT2D eigenvalue weighted by molar-refractivity contribution is 5.79. The van der Waals surface area contributed by atoms with Crippen LogP contribution >= 0.6 is 0 Å². The number of piperazine rings is 1. The van der Waals surface area contributed by atoms with Gasteiger partial charge in [-0.05, 0) is 12.1 Å². The summed E-state index contributed by atoms with van der Waals surface area (Å²) in [5.74, 6) is 0.714. The highest BCUT2D eigenvalue weighted by Gasteiger charge is 2.23. The fraction of sp³-hybridized carbons (Fsp3) is 0.500. The number of ether oxygens (including phenoxy) is 2. The van der Waals surface area contributed by atoms with Crippen LogP contribution in [-0.2, 0) is 14.3 Å². The minimum atomic E-state index is -0.0483. The van der Waals surface area contributed by atoms with Crippen molar-refractivity contribution in [3.63, 3.8) is 0 Å². The van der Waals surface area contributed by atoms with Crippen LogP contribution in [0, 0.1) is 0 Å². The first-order valence-electron chi connectivity index (χ1n) is 7.43. The maximum atomic E-state index is 12.1. The second-order valence-electron chi connectivity index (χ2n) is 5.11. The van der Waals surface area contributed by atoms with E-state index in [2.05, 4.69) is 0 Å². The number of hydrogen-bond donors (Lipinski definition) is 0. The fourth-order valence-corrected chi connectivity index (χ4v) is 2.31. The fourth-order valence-electron chi connectivity index (χ4n) is 2.31. The number of carbonyl (C=O) groups excluding carboxylic acids is 2. The molecular formula is C16H22N2O4. The zero-order chi connectivity index (χ0) is 15.8. The van der Waals surface area contributed by atoms with Crippen molar-refractivity contribution in [2.45, 2.75) is 6.42 Å². The van der Waals surface area contributed by atoms with Gasteiger partial charge in [0.2, 0.25) is 5.91 Å². The van der Waals surface area contributed by atoms with Gasteiger partial charge in [0.15, 0.2) is 6.61 Å². The van der Waals surface area contributed by atoms with Gasteiger partial charge in [-0.15, -0.1) is 0 Å². The standard InChI is InChI=1S/C16H22N2O4/c1-21-12-7-15(19)17-8-10-18(11-9-17)16(20)13-22-14-5-3-2-4-6-14/h2-6H,7-13H2,1H3. The molecule has 1 aliphatic rings. The molecule has 1 aliphatic heterocycles. The van der Waals surface area contributed by atoms with E-state index >= 15 is 0 Å². The van der Waals surface area contributed by atoms with Gasteiger partial charge in [0.1, 0.15) is 5.75 Å². The van der Waals surface area contributed by atoms with Crippen LogP contribution in [0.5, 0.6) is 5.75 Å². The van der Waals surface area contributed by atoms with Crippen molar-refractivity contribution in [1.82, 2.24) is 9.80 Å². The highest BCUT2D eigenvalue weighted by Crippen LogP contribution is 2.09. The van der Waals surface area contributed by atoms with E-state index in [1.807, 2.05) is 30.3 Å². The first-order valence-corrected chi connectivity index (χ1v) is 7.43. The van der Waals surface area contributed by atoms with Crippen molar-refractivity contribution >= 4 is 11.8 Å². The average molecular weight is 306 g/mol. The van der Waals surface area contributed by atoms with Gasteiger partial charge in [0, 0.05) is 33.3 Å². The van der Waals surface area contributed by atoms with Gasteiger partial charge in [-0.2, -0.15) is 0 Å². The molecule has 0 N–H and O–H groups in total. The van der Waals surface area contributed by atoms with Crippen molar-refractivity contribution in [3.8, 4) is 5.75 Å². The molecule has 1 fully saturated rings. The summed E-state index contributed by atoms with van der Waals surface area (Å²) in [6.45, 7) is 2.70. The topological polar surface area (TPSA) is 59.1 Å². The number of nitrogens with zero attached hydrogens (tertiary/aromatic N) is 2. The lowest BCUT2D eigenvalue weighted by atomic mass is 10.2. The molecule has 0 bridgehead atoms. The van der Waals surface area contributed by atoms with Gasteiger partial charge in [-0.3, -0.25) is 9.59 Å². The number of methoxy groups -OCH3 is 1. The monoisotopic (exact) mass is 306 g/mol. The molecule has 2 amide bonds. The Morgan fingerprint density at radius 3 is 2.18 bits per heavy atom. The molecule has 2 rings (SSSR count). The summed E-state index contributed by atoms with van der Waals surface area (Å²) in [6.07, 6.45) is 0.390.